The van der Waals surface area contributed by atoms with E-state index in [9.17, 15) is 0 Å². The van der Waals surface area contributed by atoms with Crippen molar-refractivity contribution >= 4 is 18.8 Å². The van der Waals surface area contributed by atoms with Crippen LogP contribution in [0.3, 0.4) is 0 Å². The van der Waals surface area contributed by atoms with Crippen molar-refractivity contribution in [3.63, 3.8) is 0 Å². The highest BCUT2D eigenvalue weighted by Crippen LogP contribution is 2.13. The second-order valence-corrected chi connectivity index (χ2v) is 4.19. The molecule has 0 fully saturated rings. The maximum Gasteiger partial charge on any atom is 0.238 e. The number of hydrogen-bond acceptors (Lipinski definition) is 1. The van der Waals surface area contributed by atoms with E-state index >= 15 is 0 Å². The molecule has 1 heterocycles. The van der Waals surface area contributed by atoms with Gasteiger partial charge in [-0.3, -0.25) is 0 Å². The molecule has 0 spiro atoms. The Kier molecular flexibility index (Phi) is 2.62. The topological polar surface area (TPSA) is 9.23 Å². The fourth-order valence-electron chi connectivity index (χ4n) is 1.61. The monoisotopic (exact) mass is 186 g/mol. The molecule has 0 unspecified atom stereocenters. The van der Waals surface area contributed by atoms with Crippen LogP contribution in [-0.2, 0) is 4.74 Å². The van der Waals surface area contributed by atoms with Crippen molar-refractivity contribution < 1.29 is 4.74 Å². The van der Waals surface area contributed by atoms with Crippen molar-refractivity contribution in [2.45, 2.75) is 13.8 Å². The molecular formula is C12H15BO. The predicted octanol–water partition coefficient (Wildman–Crippen LogP) is 1.73. The van der Waals surface area contributed by atoms with Crippen molar-refractivity contribution in [2.24, 2.45) is 5.92 Å². The van der Waals surface area contributed by atoms with Crippen LogP contribution in [0.1, 0.15) is 19.4 Å². The highest BCUT2D eigenvalue weighted by atomic mass is 16.5. The minimum atomic E-state index is 0.597. The molecule has 72 valence electrons. The fraction of sp³-hybridized carbons (Fsp3) is 0.333. The van der Waals surface area contributed by atoms with Gasteiger partial charge in [-0.05, 0) is 17.6 Å². The van der Waals surface area contributed by atoms with Gasteiger partial charge in [-0.25, -0.2) is 0 Å². The zero-order valence-electron chi connectivity index (χ0n) is 8.79. The Hall–Kier alpha value is -1.18. The SMILES string of the molecule is CC(C)COC1=Cc2ccccc2B1. The first-order chi connectivity index (χ1) is 6.75. The third-order valence-corrected chi connectivity index (χ3v) is 2.34. The van der Waals surface area contributed by atoms with Gasteiger partial charge < -0.3 is 4.74 Å². The molecule has 1 aliphatic rings. The Morgan fingerprint density at radius 1 is 1.29 bits per heavy atom. The second-order valence-electron chi connectivity index (χ2n) is 4.19. The van der Waals surface area contributed by atoms with E-state index < -0.39 is 0 Å². The van der Waals surface area contributed by atoms with Crippen molar-refractivity contribution in [1.82, 2.24) is 0 Å². The third-order valence-electron chi connectivity index (χ3n) is 2.34. The second kappa shape index (κ2) is 3.91. The summed E-state index contributed by atoms with van der Waals surface area (Å²) in [5.41, 5.74) is 3.80. The molecule has 1 aromatic carbocycles. The number of ether oxygens (including phenoxy) is 1. The minimum absolute atomic E-state index is 0.597. The summed E-state index contributed by atoms with van der Waals surface area (Å²) in [6.07, 6.45) is 2.15. The summed E-state index contributed by atoms with van der Waals surface area (Å²) in [5, 5.41) is 0. The molecule has 14 heavy (non-hydrogen) atoms. The Labute approximate surface area is 86.0 Å². The van der Waals surface area contributed by atoms with E-state index in [4.69, 9.17) is 4.74 Å². The molecule has 0 aromatic heterocycles. The van der Waals surface area contributed by atoms with E-state index in [0.717, 1.165) is 19.5 Å². The first-order valence-corrected chi connectivity index (χ1v) is 5.17. The summed E-state index contributed by atoms with van der Waals surface area (Å²) >= 11 is 0. The maximum absolute atomic E-state index is 5.71. The van der Waals surface area contributed by atoms with Crippen LogP contribution in [0.25, 0.3) is 6.08 Å². The molecule has 0 aliphatic carbocycles. The van der Waals surface area contributed by atoms with Crippen molar-refractivity contribution in [1.29, 1.82) is 0 Å². The van der Waals surface area contributed by atoms with Gasteiger partial charge in [-0.2, -0.15) is 0 Å². The van der Waals surface area contributed by atoms with Crippen LogP contribution in [-0.4, -0.2) is 13.9 Å². The van der Waals surface area contributed by atoms with Crippen LogP contribution in [0, 0.1) is 5.92 Å². The third kappa shape index (κ3) is 2.01. The summed E-state index contributed by atoms with van der Waals surface area (Å²) in [6.45, 7) is 5.16. The van der Waals surface area contributed by atoms with Crippen LogP contribution in [0.5, 0.6) is 0 Å². The molecule has 0 bridgehead atoms. The van der Waals surface area contributed by atoms with Gasteiger partial charge in [0.2, 0.25) is 7.28 Å². The van der Waals surface area contributed by atoms with E-state index in [-0.39, 0.29) is 0 Å². The maximum atomic E-state index is 5.71. The van der Waals surface area contributed by atoms with Gasteiger partial charge in [0.05, 0.1) is 12.3 Å². The Morgan fingerprint density at radius 2 is 2.07 bits per heavy atom. The smallest absolute Gasteiger partial charge is 0.238 e. The number of fused-ring (bicyclic) bond motifs is 1. The van der Waals surface area contributed by atoms with Gasteiger partial charge in [0.1, 0.15) is 0 Å². The van der Waals surface area contributed by atoms with Gasteiger partial charge in [-0.1, -0.05) is 43.6 Å². The molecular weight excluding hydrogens is 171 g/mol. The van der Waals surface area contributed by atoms with Gasteiger partial charge >= 0.3 is 0 Å². The summed E-state index contributed by atoms with van der Waals surface area (Å²) in [6, 6.07) is 8.46. The summed E-state index contributed by atoms with van der Waals surface area (Å²) < 4.78 is 5.71. The average molecular weight is 186 g/mol. The lowest BCUT2D eigenvalue weighted by Crippen LogP contribution is -2.15. The van der Waals surface area contributed by atoms with E-state index in [2.05, 4.69) is 44.2 Å². The van der Waals surface area contributed by atoms with Crippen molar-refractivity contribution in [2.75, 3.05) is 6.61 Å². The van der Waals surface area contributed by atoms with Crippen LogP contribution in [0.15, 0.2) is 29.9 Å². The Morgan fingerprint density at radius 3 is 2.79 bits per heavy atom. The van der Waals surface area contributed by atoms with Crippen molar-refractivity contribution in [3.8, 4) is 0 Å². The van der Waals surface area contributed by atoms with E-state index in [0.29, 0.717) is 5.92 Å². The van der Waals surface area contributed by atoms with E-state index in [1.54, 1.807) is 0 Å². The normalized spacial score (nSPS) is 13.5. The lowest BCUT2D eigenvalue weighted by Gasteiger charge is -2.08. The molecule has 0 radical (unpaired) electrons. The van der Waals surface area contributed by atoms with Crippen LogP contribution < -0.4 is 5.46 Å². The molecule has 0 amide bonds. The molecule has 2 rings (SSSR count). The molecule has 2 heteroatoms. The van der Waals surface area contributed by atoms with Gasteiger partial charge in [-0.15, -0.1) is 0 Å². The van der Waals surface area contributed by atoms with Crippen molar-refractivity contribution in [3.05, 3.63) is 35.5 Å². The van der Waals surface area contributed by atoms with Gasteiger partial charge in [0, 0.05) is 0 Å². The van der Waals surface area contributed by atoms with Crippen LogP contribution >= 0.6 is 0 Å². The summed E-state index contributed by atoms with van der Waals surface area (Å²) in [5.74, 6) is 0.597. The largest absolute Gasteiger partial charge is 0.508 e. The molecule has 0 saturated carbocycles. The molecule has 0 atom stereocenters. The highest BCUT2D eigenvalue weighted by Gasteiger charge is 2.14. The molecule has 0 N–H and O–H groups in total. The predicted molar refractivity (Wildman–Crippen MR) is 62.0 cm³/mol. The first-order valence-electron chi connectivity index (χ1n) is 5.17. The summed E-state index contributed by atoms with van der Waals surface area (Å²) in [7, 11) is 0.961. The Bertz CT molecular complexity index is 355. The van der Waals surface area contributed by atoms with Gasteiger partial charge in [0.15, 0.2) is 0 Å². The van der Waals surface area contributed by atoms with Crippen LogP contribution in [0.2, 0.25) is 0 Å². The van der Waals surface area contributed by atoms with Gasteiger partial charge in [0.25, 0.3) is 0 Å². The number of rotatable bonds is 3. The molecule has 1 aromatic rings. The number of benzene rings is 1. The number of hydrogen-bond donors (Lipinski definition) is 0. The molecule has 0 saturated heterocycles. The quantitative estimate of drug-likeness (QED) is 0.653. The fourth-order valence-corrected chi connectivity index (χ4v) is 1.61. The van der Waals surface area contributed by atoms with Crippen LogP contribution in [0.4, 0.5) is 0 Å². The standard InChI is InChI=1S/C12H15BO/c1-9(2)8-14-12-7-10-5-3-4-6-11(10)13-12/h3-7,9,13H,8H2,1-2H3. The minimum Gasteiger partial charge on any atom is -0.508 e. The lowest BCUT2D eigenvalue weighted by molar-refractivity contribution is 0.202. The summed E-state index contributed by atoms with van der Waals surface area (Å²) in [4.78, 5) is 0. The zero-order chi connectivity index (χ0) is 9.97. The lowest BCUT2D eigenvalue weighted by atomic mass is 9.71. The molecule has 1 aliphatic heterocycles. The van der Waals surface area contributed by atoms with E-state index in [1.807, 2.05) is 0 Å². The molecule has 1 nitrogen and oxygen atoms in total. The zero-order valence-corrected chi connectivity index (χ0v) is 8.79. The Balaban J connectivity index is 2.01. The first kappa shape index (κ1) is 9.38. The highest BCUT2D eigenvalue weighted by molar-refractivity contribution is 6.64. The van der Waals surface area contributed by atoms with E-state index in [1.165, 1.54) is 11.0 Å². The average Bonchev–Trinajstić information content (AvgIpc) is 2.57.